The largest absolute Gasteiger partial charge is 0.485 e. The van der Waals surface area contributed by atoms with Crippen molar-refractivity contribution in [1.82, 2.24) is 0 Å². The van der Waals surface area contributed by atoms with Crippen LogP contribution in [0.1, 0.15) is 0 Å². The predicted octanol–water partition coefficient (Wildman–Crippen LogP) is 4.14. The van der Waals surface area contributed by atoms with Crippen LogP contribution in [0.2, 0.25) is 0 Å². The van der Waals surface area contributed by atoms with Crippen molar-refractivity contribution in [3.05, 3.63) is 24.2 Å². The molecule has 7 nitrogen and oxygen atoms in total. The smallest absolute Gasteiger partial charge is 0.397 e. The molecule has 0 aliphatic rings. The van der Waals surface area contributed by atoms with Crippen molar-refractivity contribution in [1.29, 1.82) is 0 Å². The first-order valence-electron chi connectivity index (χ1n) is 5.87. The Morgan fingerprint density at radius 1 is 0.516 bits per heavy atom. The Bertz CT molecular complexity index is 881. The highest BCUT2D eigenvalue weighted by Crippen LogP contribution is 2.47. The summed E-state index contributed by atoms with van der Waals surface area (Å²) in [6, 6.07) is -7.77. The van der Waals surface area contributed by atoms with Gasteiger partial charge in [0.1, 0.15) is 0 Å². The van der Waals surface area contributed by atoms with Crippen LogP contribution in [-0.2, 0) is 33.3 Å². The van der Waals surface area contributed by atoms with Crippen LogP contribution >= 0.6 is 0 Å². The lowest BCUT2D eigenvalue weighted by Crippen LogP contribution is -2.53. The Kier molecular flexibility index (Phi) is 7.92. The van der Waals surface area contributed by atoms with Gasteiger partial charge in [0, 0.05) is 0 Å². The minimum absolute atomic E-state index is 1.88. The van der Waals surface area contributed by atoms with Gasteiger partial charge in [0.25, 0.3) is 0 Å². The standard InChI is InChI=1S/C8F14O7S2/c9-1(10)3(13)27-5(15,16)7(19,20)30(23,24)29-31(25,26)8(21,22)6(17,18)28-4(14)2(11)12. The van der Waals surface area contributed by atoms with Gasteiger partial charge >= 0.3 is 67.1 Å². The van der Waals surface area contributed by atoms with Gasteiger partial charge in [-0.2, -0.15) is 78.3 Å². The number of halogens is 14. The topological polar surface area (TPSA) is 96.0 Å². The fourth-order valence-electron chi connectivity index (χ4n) is 0.915. The number of alkyl halides is 8. The second-order valence-electron chi connectivity index (χ2n) is 4.32. The van der Waals surface area contributed by atoms with E-state index >= 15 is 0 Å². The molecule has 184 valence electrons. The van der Waals surface area contributed by atoms with E-state index in [4.69, 9.17) is 0 Å². The molecular formula is C8F14O7S2. The summed E-state index contributed by atoms with van der Waals surface area (Å²) in [4.78, 5) is 0. The van der Waals surface area contributed by atoms with Crippen LogP contribution in [0, 0.1) is 0 Å². The maximum absolute atomic E-state index is 13.2. The van der Waals surface area contributed by atoms with Gasteiger partial charge in [0.05, 0.1) is 0 Å². The summed E-state index contributed by atoms with van der Waals surface area (Å²) < 4.78 is 225. The first kappa shape index (κ1) is 29.0. The molecule has 0 heterocycles. The second-order valence-corrected chi connectivity index (χ2v) is 7.70. The number of ether oxygens (including phenoxy) is 2. The number of hydrogen-bond donors (Lipinski definition) is 0. The molecule has 0 aliphatic heterocycles. The molecule has 0 radical (unpaired) electrons. The third kappa shape index (κ3) is 5.61. The molecule has 0 aromatic carbocycles. The molecule has 0 N–H and O–H groups in total. The summed E-state index contributed by atoms with van der Waals surface area (Å²) in [5.41, 5.74) is 0. The van der Waals surface area contributed by atoms with E-state index in [-0.39, 0.29) is 0 Å². The highest BCUT2D eigenvalue weighted by molar-refractivity contribution is 8.00. The highest BCUT2D eigenvalue weighted by Gasteiger charge is 2.76. The predicted molar refractivity (Wildman–Crippen MR) is 61.6 cm³/mol. The zero-order valence-corrected chi connectivity index (χ0v) is 14.6. The fraction of sp³-hybridized carbons (Fsp3) is 0.500. The second kappa shape index (κ2) is 8.48. The molecule has 0 saturated carbocycles. The molecule has 0 spiro atoms. The summed E-state index contributed by atoms with van der Waals surface area (Å²) >= 11 is 0. The molecular weight excluding hydrogens is 538 g/mol. The third-order valence-electron chi connectivity index (χ3n) is 2.22. The van der Waals surface area contributed by atoms with Gasteiger partial charge in [-0.25, -0.2) is 0 Å². The van der Waals surface area contributed by atoms with Gasteiger partial charge in [-0.05, 0) is 0 Å². The molecule has 31 heavy (non-hydrogen) atoms. The van der Waals surface area contributed by atoms with Crippen LogP contribution in [0.25, 0.3) is 0 Å². The first-order valence-corrected chi connectivity index (χ1v) is 8.69. The van der Waals surface area contributed by atoms with Crippen LogP contribution in [0.3, 0.4) is 0 Å². The van der Waals surface area contributed by atoms with E-state index in [0.717, 1.165) is 0 Å². The lowest BCUT2D eigenvalue weighted by atomic mass is 10.6. The minimum Gasteiger partial charge on any atom is -0.397 e. The van der Waals surface area contributed by atoms with Crippen molar-refractivity contribution in [2.24, 2.45) is 0 Å². The van der Waals surface area contributed by atoms with Gasteiger partial charge in [-0.15, -0.1) is 3.63 Å². The lowest BCUT2D eigenvalue weighted by molar-refractivity contribution is -0.312. The van der Waals surface area contributed by atoms with Crippen molar-refractivity contribution >= 4 is 20.2 Å². The van der Waals surface area contributed by atoms with Crippen LogP contribution in [0.15, 0.2) is 24.2 Å². The molecule has 0 atom stereocenters. The monoisotopic (exact) mass is 538 g/mol. The van der Waals surface area contributed by atoms with E-state index < -0.39 is 67.1 Å². The van der Waals surface area contributed by atoms with E-state index in [0.29, 0.717) is 0 Å². The van der Waals surface area contributed by atoms with Crippen LogP contribution in [0.4, 0.5) is 61.5 Å². The molecule has 0 aliphatic carbocycles. The van der Waals surface area contributed by atoms with Crippen LogP contribution < -0.4 is 0 Å². The van der Waals surface area contributed by atoms with E-state index in [9.17, 15) is 78.3 Å². The van der Waals surface area contributed by atoms with E-state index in [1.807, 2.05) is 13.1 Å². The number of rotatable bonds is 10. The Hall–Kier alpha value is -2.04. The maximum Gasteiger partial charge on any atom is 0.485 e. The third-order valence-corrected chi connectivity index (χ3v) is 5.38. The van der Waals surface area contributed by atoms with Gasteiger partial charge in [0.15, 0.2) is 0 Å². The first-order chi connectivity index (χ1) is 13.4. The Morgan fingerprint density at radius 3 is 0.935 bits per heavy atom. The Labute approximate surface area is 159 Å². The molecule has 0 rings (SSSR count). The zero-order valence-electron chi connectivity index (χ0n) is 13.0. The van der Waals surface area contributed by atoms with E-state index in [1.54, 1.807) is 0 Å². The molecule has 0 bridgehead atoms. The molecule has 0 unspecified atom stereocenters. The summed E-state index contributed by atoms with van der Waals surface area (Å²) in [7, 11) is -16.4. The summed E-state index contributed by atoms with van der Waals surface area (Å²) in [5, 5.41) is -14.7. The fourth-order valence-corrected chi connectivity index (χ4v) is 3.21. The average Bonchev–Trinajstić information content (AvgIpc) is 2.51. The van der Waals surface area contributed by atoms with Crippen molar-refractivity contribution in [3.8, 4) is 0 Å². The lowest BCUT2D eigenvalue weighted by Gasteiger charge is -2.26. The van der Waals surface area contributed by atoms with Gasteiger partial charge in [-0.3, -0.25) is 0 Å². The maximum atomic E-state index is 13.2. The quantitative estimate of drug-likeness (QED) is 0.305. The van der Waals surface area contributed by atoms with Gasteiger partial charge < -0.3 is 9.47 Å². The van der Waals surface area contributed by atoms with E-state index in [1.165, 1.54) is 0 Å². The van der Waals surface area contributed by atoms with Gasteiger partial charge in [-0.1, -0.05) is 0 Å². The van der Waals surface area contributed by atoms with E-state index in [2.05, 4.69) is 0 Å². The summed E-state index contributed by atoms with van der Waals surface area (Å²) in [5.74, 6) is 0. The number of hydrogen-bond acceptors (Lipinski definition) is 7. The molecule has 0 aromatic heterocycles. The summed E-state index contributed by atoms with van der Waals surface area (Å²) in [6.45, 7) is 0. The van der Waals surface area contributed by atoms with Crippen molar-refractivity contribution in [3.63, 3.8) is 0 Å². The van der Waals surface area contributed by atoms with Crippen LogP contribution in [-0.4, -0.2) is 39.6 Å². The molecule has 0 amide bonds. The van der Waals surface area contributed by atoms with Crippen LogP contribution in [0.5, 0.6) is 0 Å². The molecule has 0 aromatic rings. The summed E-state index contributed by atoms with van der Waals surface area (Å²) in [6.07, 6.45) is -22.0. The highest BCUT2D eigenvalue weighted by atomic mass is 32.3. The Balaban J connectivity index is 6.24. The molecule has 23 heteroatoms. The molecule has 0 fully saturated rings. The Morgan fingerprint density at radius 2 is 0.742 bits per heavy atom. The minimum atomic E-state index is -8.19. The normalized spacial score (nSPS) is 14.1. The van der Waals surface area contributed by atoms with Gasteiger partial charge in [0.2, 0.25) is 0 Å². The SMILES string of the molecule is O=S(=O)(OS(=O)(=O)C(F)(F)C(F)(F)OC(F)=C(F)F)C(F)(F)C(F)(F)OC(F)=C(F)F. The zero-order chi connectivity index (χ0) is 25.4. The van der Waals surface area contributed by atoms with Crippen molar-refractivity contribution in [2.75, 3.05) is 0 Å². The average molecular weight is 538 g/mol. The van der Waals surface area contributed by atoms with Crippen molar-refractivity contribution in [2.45, 2.75) is 22.7 Å². The van der Waals surface area contributed by atoms with Crippen molar-refractivity contribution < 1.29 is 91.4 Å². The molecule has 0 saturated heterocycles.